The molecule has 3 saturated heterocycles. The van der Waals surface area contributed by atoms with Gasteiger partial charge in [0.05, 0.1) is 17.3 Å². The SMILES string of the molecule is CC(=O)N1CCN(c2cc(N3C(=O)OC[C@H]3C)ccc2C(=O)N2CCN(c3ncc(C)cc3C)CC2)C1=O. The molecular formula is C27H32N6O5. The van der Waals surface area contributed by atoms with Gasteiger partial charge in [-0.15, -0.1) is 0 Å². The van der Waals surface area contributed by atoms with Crippen molar-refractivity contribution in [3.05, 3.63) is 47.2 Å². The number of hydrogen-bond donors (Lipinski definition) is 0. The molecule has 38 heavy (non-hydrogen) atoms. The number of aryl methyl sites for hydroxylation is 2. The van der Waals surface area contributed by atoms with Crippen molar-refractivity contribution in [1.29, 1.82) is 0 Å². The van der Waals surface area contributed by atoms with E-state index in [-0.39, 0.29) is 37.6 Å². The Labute approximate surface area is 221 Å². The Morgan fingerprint density at radius 1 is 1.00 bits per heavy atom. The van der Waals surface area contributed by atoms with E-state index in [4.69, 9.17) is 4.74 Å². The third-order valence-corrected chi connectivity index (χ3v) is 7.31. The molecule has 11 nitrogen and oxygen atoms in total. The van der Waals surface area contributed by atoms with Gasteiger partial charge in [-0.05, 0) is 50.1 Å². The minimum Gasteiger partial charge on any atom is -0.447 e. The molecular weight excluding hydrogens is 488 g/mol. The summed E-state index contributed by atoms with van der Waals surface area (Å²) in [5, 5.41) is 0. The number of benzene rings is 1. The van der Waals surface area contributed by atoms with Crippen molar-refractivity contribution in [2.75, 3.05) is 60.6 Å². The van der Waals surface area contributed by atoms with Crippen molar-refractivity contribution in [1.82, 2.24) is 14.8 Å². The minimum atomic E-state index is -0.480. The number of pyridine rings is 1. The molecule has 0 aliphatic carbocycles. The van der Waals surface area contributed by atoms with Gasteiger partial charge in [0.2, 0.25) is 5.91 Å². The number of hydrogen-bond acceptors (Lipinski definition) is 7. The molecule has 5 amide bonds. The number of urea groups is 1. The molecule has 5 rings (SSSR count). The fourth-order valence-electron chi connectivity index (χ4n) is 5.33. The van der Waals surface area contributed by atoms with Gasteiger partial charge in [0.25, 0.3) is 5.91 Å². The van der Waals surface area contributed by atoms with Gasteiger partial charge in [-0.1, -0.05) is 6.07 Å². The van der Waals surface area contributed by atoms with E-state index in [1.54, 1.807) is 23.1 Å². The predicted octanol–water partition coefficient (Wildman–Crippen LogP) is 2.79. The number of aromatic nitrogens is 1. The third kappa shape index (κ3) is 4.52. The Morgan fingerprint density at radius 2 is 1.74 bits per heavy atom. The number of rotatable bonds is 4. The molecule has 11 heteroatoms. The summed E-state index contributed by atoms with van der Waals surface area (Å²) in [6.45, 7) is 10.3. The highest BCUT2D eigenvalue weighted by Gasteiger charge is 2.37. The van der Waals surface area contributed by atoms with E-state index in [1.165, 1.54) is 16.7 Å². The highest BCUT2D eigenvalue weighted by atomic mass is 16.6. The summed E-state index contributed by atoms with van der Waals surface area (Å²) < 4.78 is 5.17. The monoisotopic (exact) mass is 520 g/mol. The predicted molar refractivity (Wildman–Crippen MR) is 142 cm³/mol. The summed E-state index contributed by atoms with van der Waals surface area (Å²) in [5.74, 6) is 0.367. The molecule has 0 saturated carbocycles. The topological polar surface area (TPSA) is 107 Å². The molecule has 2 aromatic rings. The first-order chi connectivity index (χ1) is 18.2. The quantitative estimate of drug-likeness (QED) is 0.610. The Kier molecular flexibility index (Phi) is 6.68. The lowest BCUT2D eigenvalue weighted by molar-refractivity contribution is -0.125. The molecule has 1 aromatic heterocycles. The number of piperazine rings is 1. The Morgan fingerprint density at radius 3 is 2.34 bits per heavy atom. The van der Waals surface area contributed by atoms with Gasteiger partial charge in [0.15, 0.2) is 0 Å². The summed E-state index contributed by atoms with van der Waals surface area (Å²) in [4.78, 5) is 63.9. The molecule has 0 spiro atoms. The molecule has 0 bridgehead atoms. The van der Waals surface area contributed by atoms with Gasteiger partial charge in [-0.2, -0.15) is 0 Å². The molecule has 1 aromatic carbocycles. The van der Waals surface area contributed by atoms with Crippen LogP contribution >= 0.6 is 0 Å². The van der Waals surface area contributed by atoms with Gasteiger partial charge in [0.1, 0.15) is 12.4 Å². The summed E-state index contributed by atoms with van der Waals surface area (Å²) in [7, 11) is 0. The molecule has 3 aliphatic rings. The van der Waals surface area contributed by atoms with Crippen molar-refractivity contribution in [2.45, 2.75) is 33.7 Å². The van der Waals surface area contributed by atoms with Crippen molar-refractivity contribution >= 4 is 41.1 Å². The second-order valence-electron chi connectivity index (χ2n) is 10.0. The zero-order chi connectivity index (χ0) is 27.1. The van der Waals surface area contributed by atoms with Gasteiger partial charge >= 0.3 is 12.1 Å². The largest absolute Gasteiger partial charge is 0.447 e. The van der Waals surface area contributed by atoms with Crippen molar-refractivity contribution in [3.8, 4) is 0 Å². The van der Waals surface area contributed by atoms with Gasteiger partial charge in [-0.3, -0.25) is 24.3 Å². The van der Waals surface area contributed by atoms with Crippen molar-refractivity contribution in [2.24, 2.45) is 0 Å². The third-order valence-electron chi connectivity index (χ3n) is 7.31. The molecule has 0 N–H and O–H groups in total. The van der Waals surface area contributed by atoms with E-state index < -0.39 is 12.1 Å². The number of imide groups is 1. The molecule has 3 fully saturated rings. The average molecular weight is 521 g/mol. The smallest absolute Gasteiger partial charge is 0.414 e. The van der Waals surface area contributed by atoms with Crippen LogP contribution in [-0.2, 0) is 9.53 Å². The van der Waals surface area contributed by atoms with Crippen molar-refractivity contribution in [3.63, 3.8) is 0 Å². The molecule has 4 heterocycles. The van der Waals surface area contributed by atoms with E-state index >= 15 is 0 Å². The lowest BCUT2D eigenvalue weighted by Crippen LogP contribution is -2.49. The number of ether oxygens (including phenoxy) is 1. The van der Waals surface area contributed by atoms with Gasteiger partial charge in [-0.25, -0.2) is 14.6 Å². The number of nitrogens with zero attached hydrogens (tertiary/aromatic N) is 6. The lowest BCUT2D eigenvalue weighted by atomic mass is 10.1. The van der Waals surface area contributed by atoms with E-state index in [0.717, 1.165) is 21.8 Å². The number of anilines is 3. The second-order valence-corrected chi connectivity index (χ2v) is 10.0. The van der Waals surface area contributed by atoms with Crippen LogP contribution in [0, 0.1) is 13.8 Å². The Bertz CT molecular complexity index is 1300. The van der Waals surface area contributed by atoms with E-state index in [2.05, 4.69) is 16.0 Å². The van der Waals surface area contributed by atoms with Crippen LogP contribution in [0.25, 0.3) is 0 Å². The van der Waals surface area contributed by atoms with Crippen molar-refractivity contribution < 1.29 is 23.9 Å². The van der Waals surface area contributed by atoms with Crippen LogP contribution in [0.5, 0.6) is 0 Å². The standard InChI is InChI=1S/C27H32N6O5/c1-17-13-18(2)24(28-15-17)29-7-9-30(10-8-29)25(35)22-6-5-21(33-19(3)16-38-27(33)37)14-23(22)32-12-11-31(20(4)34)26(32)36/h5-6,13-15,19H,7-12,16H2,1-4H3/t19-/m1/s1. The molecule has 0 radical (unpaired) electrons. The molecule has 1 atom stereocenters. The number of amides is 5. The van der Waals surface area contributed by atoms with Gasteiger partial charge < -0.3 is 14.5 Å². The van der Waals surface area contributed by atoms with Crippen LogP contribution in [0.2, 0.25) is 0 Å². The average Bonchev–Trinajstić information content (AvgIpc) is 3.44. The van der Waals surface area contributed by atoms with E-state index in [1.807, 2.05) is 27.0 Å². The van der Waals surface area contributed by atoms with Crippen LogP contribution in [0.15, 0.2) is 30.5 Å². The van der Waals surface area contributed by atoms with E-state index in [0.29, 0.717) is 43.1 Å². The summed E-state index contributed by atoms with van der Waals surface area (Å²) in [6.07, 6.45) is 1.37. The maximum atomic E-state index is 13.8. The normalized spacial score (nSPS) is 19.9. The first kappa shape index (κ1) is 25.5. The molecule has 200 valence electrons. The Hall–Kier alpha value is -4.15. The maximum Gasteiger partial charge on any atom is 0.414 e. The minimum absolute atomic E-state index is 0.188. The van der Waals surface area contributed by atoms with Crippen LogP contribution < -0.4 is 14.7 Å². The number of carbonyl (C=O) groups is 4. The van der Waals surface area contributed by atoms with Gasteiger partial charge in [0, 0.05) is 58.1 Å². The lowest BCUT2D eigenvalue weighted by Gasteiger charge is -2.36. The first-order valence-electron chi connectivity index (χ1n) is 12.8. The maximum absolute atomic E-state index is 13.8. The Balaban J connectivity index is 1.42. The van der Waals surface area contributed by atoms with Crippen LogP contribution in [0.3, 0.4) is 0 Å². The summed E-state index contributed by atoms with van der Waals surface area (Å²) in [5.41, 5.74) is 3.47. The van der Waals surface area contributed by atoms with Crippen LogP contribution in [-0.4, -0.2) is 90.6 Å². The first-order valence-corrected chi connectivity index (χ1v) is 12.8. The molecule has 0 unspecified atom stereocenters. The zero-order valence-corrected chi connectivity index (χ0v) is 22.1. The highest BCUT2D eigenvalue weighted by Crippen LogP contribution is 2.33. The fourth-order valence-corrected chi connectivity index (χ4v) is 5.33. The summed E-state index contributed by atoms with van der Waals surface area (Å²) in [6, 6.07) is 6.47. The molecule has 3 aliphatic heterocycles. The fraction of sp³-hybridized carbons (Fsp3) is 0.444. The second kappa shape index (κ2) is 9.96. The zero-order valence-electron chi connectivity index (χ0n) is 22.1. The number of carbonyl (C=O) groups excluding carboxylic acids is 4. The summed E-state index contributed by atoms with van der Waals surface area (Å²) >= 11 is 0. The van der Waals surface area contributed by atoms with Crippen LogP contribution in [0.4, 0.5) is 26.8 Å². The van der Waals surface area contributed by atoms with Crippen LogP contribution in [0.1, 0.15) is 35.3 Å². The van der Waals surface area contributed by atoms with E-state index in [9.17, 15) is 19.2 Å². The highest BCUT2D eigenvalue weighted by molar-refractivity contribution is 6.09. The number of cyclic esters (lactones) is 1.